The van der Waals surface area contributed by atoms with Crippen molar-refractivity contribution in [3.63, 3.8) is 0 Å². The number of phenolic OH excluding ortho intramolecular Hbond substituents is 1. The van der Waals surface area contributed by atoms with Gasteiger partial charge in [-0.25, -0.2) is 0 Å². The second-order valence-electron chi connectivity index (χ2n) is 3.88. The first kappa shape index (κ1) is 12.6. The summed E-state index contributed by atoms with van der Waals surface area (Å²) in [6.45, 7) is 2.14. The fraction of sp³-hybridized carbons (Fsp3) is 0.462. The summed E-state index contributed by atoms with van der Waals surface area (Å²) in [6, 6.07) is 6.77. The fourth-order valence-corrected chi connectivity index (χ4v) is 1.50. The van der Waals surface area contributed by atoms with Gasteiger partial charge in [0.25, 0.3) is 0 Å². The highest BCUT2D eigenvalue weighted by atomic mass is 16.3. The monoisotopic (exact) mass is 221 g/mol. The summed E-state index contributed by atoms with van der Waals surface area (Å²) < 4.78 is 0. The summed E-state index contributed by atoms with van der Waals surface area (Å²) >= 11 is 0. The molecule has 0 radical (unpaired) electrons. The Balaban J connectivity index is 2.32. The van der Waals surface area contributed by atoms with E-state index in [4.69, 9.17) is 0 Å². The van der Waals surface area contributed by atoms with Gasteiger partial charge in [-0.05, 0) is 18.6 Å². The molecule has 0 saturated heterocycles. The quantitative estimate of drug-likeness (QED) is 0.572. The Morgan fingerprint density at radius 1 is 1.25 bits per heavy atom. The number of carbonyl (C=O) groups is 1. The van der Waals surface area contributed by atoms with Crippen LogP contribution in [0, 0.1) is 0 Å². The Morgan fingerprint density at radius 3 is 2.69 bits per heavy atom. The fourth-order valence-electron chi connectivity index (χ4n) is 1.50. The molecule has 3 heteroatoms. The lowest BCUT2D eigenvalue weighted by molar-refractivity contribution is -0.116. The first-order valence-corrected chi connectivity index (χ1v) is 5.82. The predicted octanol–water partition coefficient (Wildman–Crippen LogP) is 3.30. The highest BCUT2D eigenvalue weighted by Gasteiger charge is 2.04. The standard InChI is InChI=1S/C13H19NO2/c1-2-3-4-5-10-13(16)14-11-8-6-7-9-12(11)15/h6-9,15H,2-5,10H2,1H3,(H,14,16). The van der Waals surface area contributed by atoms with Gasteiger partial charge >= 0.3 is 0 Å². The minimum absolute atomic E-state index is 0.0300. The number of benzene rings is 1. The van der Waals surface area contributed by atoms with Gasteiger partial charge in [-0.2, -0.15) is 0 Å². The van der Waals surface area contributed by atoms with Gasteiger partial charge < -0.3 is 10.4 Å². The molecular formula is C13H19NO2. The number of hydrogen-bond acceptors (Lipinski definition) is 2. The predicted molar refractivity (Wildman–Crippen MR) is 65.5 cm³/mol. The Bertz CT molecular complexity index is 336. The summed E-state index contributed by atoms with van der Waals surface area (Å²) in [6.07, 6.45) is 4.86. The number of amides is 1. The van der Waals surface area contributed by atoms with Gasteiger partial charge in [-0.3, -0.25) is 4.79 Å². The van der Waals surface area contributed by atoms with Crippen molar-refractivity contribution in [2.45, 2.75) is 39.0 Å². The molecule has 0 heterocycles. The lowest BCUT2D eigenvalue weighted by Crippen LogP contribution is -2.11. The average Bonchev–Trinajstić information content (AvgIpc) is 2.28. The van der Waals surface area contributed by atoms with Gasteiger partial charge in [0, 0.05) is 6.42 Å². The lowest BCUT2D eigenvalue weighted by Gasteiger charge is -2.06. The minimum atomic E-state index is -0.0300. The highest BCUT2D eigenvalue weighted by molar-refractivity contribution is 5.92. The van der Waals surface area contributed by atoms with E-state index in [1.54, 1.807) is 24.3 Å². The molecule has 1 aromatic carbocycles. The van der Waals surface area contributed by atoms with Crippen LogP contribution in [-0.4, -0.2) is 11.0 Å². The van der Waals surface area contributed by atoms with E-state index in [2.05, 4.69) is 12.2 Å². The zero-order valence-electron chi connectivity index (χ0n) is 9.70. The van der Waals surface area contributed by atoms with Crippen molar-refractivity contribution in [3.8, 4) is 5.75 Å². The van der Waals surface area contributed by atoms with E-state index < -0.39 is 0 Å². The maximum absolute atomic E-state index is 11.5. The van der Waals surface area contributed by atoms with E-state index in [0.717, 1.165) is 12.8 Å². The molecule has 1 amide bonds. The summed E-state index contributed by atoms with van der Waals surface area (Å²) in [7, 11) is 0. The van der Waals surface area contributed by atoms with Crippen LogP contribution in [0.5, 0.6) is 5.75 Å². The van der Waals surface area contributed by atoms with Crippen LogP contribution in [0.25, 0.3) is 0 Å². The summed E-state index contributed by atoms with van der Waals surface area (Å²) in [5.74, 6) is 0.0852. The van der Waals surface area contributed by atoms with Gasteiger partial charge in [0.05, 0.1) is 5.69 Å². The maximum Gasteiger partial charge on any atom is 0.224 e. The van der Waals surface area contributed by atoms with Gasteiger partial charge in [0.1, 0.15) is 5.75 Å². The van der Waals surface area contributed by atoms with E-state index >= 15 is 0 Å². The van der Waals surface area contributed by atoms with Crippen molar-refractivity contribution in [1.29, 1.82) is 0 Å². The zero-order valence-corrected chi connectivity index (χ0v) is 9.70. The smallest absolute Gasteiger partial charge is 0.224 e. The molecule has 0 spiro atoms. The molecule has 0 fully saturated rings. The van der Waals surface area contributed by atoms with E-state index in [-0.39, 0.29) is 11.7 Å². The Labute approximate surface area is 96.5 Å². The molecule has 88 valence electrons. The van der Waals surface area contributed by atoms with Crippen molar-refractivity contribution in [2.24, 2.45) is 0 Å². The van der Waals surface area contributed by atoms with Gasteiger partial charge in [0.15, 0.2) is 0 Å². The molecule has 0 atom stereocenters. The van der Waals surface area contributed by atoms with Crippen molar-refractivity contribution >= 4 is 11.6 Å². The maximum atomic E-state index is 11.5. The first-order chi connectivity index (χ1) is 7.74. The number of carbonyl (C=O) groups excluding carboxylic acids is 1. The van der Waals surface area contributed by atoms with Crippen LogP contribution < -0.4 is 5.32 Å². The molecule has 0 bridgehead atoms. The van der Waals surface area contributed by atoms with E-state index in [1.165, 1.54) is 12.8 Å². The lowest BCUT2D eigenvalue weighted by atomic mass is 10.1. The molecule has 0 saturated carbocycles. The molecule has 2 N–H and O–H groups in total. The topological polar surface area (TPSA) is 49.3 Å². The number of anilines is 1. The number of phenols is 1. The molecule has 0 aliphatic rings. The largest absolute Gasteiger partial charge is 0.506 e. The number of aromatic hydroxyl groups is 1. The average molecular weight is 221 g/mol. The van der Waals surface area contributed by atoms with Crippen molar-refractivity contribution in [3.05, 3.63) is 24.3 Å². The minimum Gasteiger partial charge on any atom is -0.506 e. The Hall–Kier alpha value is -1.51. The molecule has 0 aromatic heterocycles. The molecule has 0 aliphatic carbocycles. The SMILES string of the molecule is CCCCCCC(=O)Nc1ccccc1O. The molecule has 1 aromatic rings. The van der Waals surface area contributed by atoms with Crippen molar-refractivity contribution in [2.75, 3.05) is 5.32 Å². The second kappa shape index (κ2) is 6.88. The Kier molecular flexibility index (Phi) is 5.40. The van der Waals surface area contributed by atoms with Crippen LogP contribution in [0.3, 0.4) is 0 Å². The van der Waals surface area contributed by atoms with Gasteiger partial charge in [-0.1, -0.05) is 38.3 Å². The number of rotatable bonds is 6. The third-order valence-electron chi connectivity index (χ3n) is 2.44. The summed E-state index contributed by atoms with van der Waals surface area (Å²) in [4.78, 5) is 11.5. The van der Waals surface area contributed by atoms with Crippen LogP contribution in [0.4, 0.5) is 5.69 Å². The van der Waals surface area contributed by atoms with Crippen molar-refractivity contribution in [1.82, 2.24) is 0 Å². The highest BCUT2D eigenvalue weighted by Crippen LogP contribution is 2.21. The second-order valence-corrected chi connectivity index (χ2v) is 3.88. The van der Waals surface area contributed by atoms with Crippen LogP contribution in [0.1, 0.15) is 39.0 Å². The first-order valence-electron chi connectivity index (χ1n) is 5.82. The number of para-hydroxylation sites is 2. The summed E-state index contributed by atoms with van der Waals surface area (Å²) in [5.41, 5.74) is 0.489. The van der Waals surface area contributed by atoms with Gasteiger partial charge in [-0.15, -0.1) is 0 Å². The number of hydrogen-bond donors (Lipinski definition) is 2. The van der Waals surface area contributed by atoms with Crippen LogP contribution in [0.15, 0.2) is 24.3 Å². The van der Waals surface area contributed by atoms with E-state index in [0.29, 0.717) is 12.1 Å². The van der Waals surface area contributed by atoms with Crippen LogP contribution in [-0.2, 0) is 4.79 Å². The molecule has 0 unspecified atom stereocenters. The van der Waals surface area contributed by atoms with Crippen molar-refractivity contribution < 1.29 is 9.90 Å². The number of unbranched alkanes of at least 4 members (excludes halogenated alkanes) is 3. The van der Waals surface area contributed by atoms with E-state index in [1.807, 2.05) is 0 Å². The van der Waals surface area contributed by atoms with E-state index in [9.17, 15) is 9.90 Å². The molecule has 1 rings (SSSR count). The van der Waals surface area contributed by atoms with Gasteiger partial charge in [0.2, 0.25) is 5.91 Å². The molecule has 3 nitrogen and oxygen atoms in total. The third-order valence-corrected chi connectivity index (χ3v) is 2.44. The molecule has 0 aliphatic heterocycles. The number of nitrogens with one attached hydrogen (secondary N) is 1. The summed E-state index contributed by atoms with van der Waals surface area (Å²) in [5, 5.41) is 12.2. The Morgan fingerprint density at radius 2 is 2.00 bits per heavy atom. The van der Waals surface area contributed by atoms with Crippen LogP contribution in [0.2, 0.25) is 0 Å². The molecule has 16 heavy (non-hydrogen) atoms. The van der Waals surface area contributed by atoms with Crippen LogP contribution >= 0.6 is 0 Å². The third kappa shape index (κ3) is 4.34. The molecular weight excluding hydrogens is 202 g/mol. The zero-order chi connectivity index (χ0) is 11.8. The normalized spacial score (nSPS) is 10.1.